The second kappa shape index (κ2) is 3.11. The monoisotopic (exact) mass is 154 g/mol. The van der Waals surface area contributed by atoms with Crippen molar-refractivity contribution in [3.8, 4) is 0 Å². The largest absolute Gasteiger partial charge is 0.316 e. The van der Waals surface area contributed by atoms with Crippen molar-refractivity contribution in [3.63, 3.8) is 0 Å². The Hall–Kier alpha value is -0.0800. The van der Waals surface area contributed by atoms with Crippen molar-refractivity contribution in [2.45, 2.75) is 25.8 Å². The van der Waals surface area contributed by atoms with E-state index in [0.717, 1.165) is 12.0 Å². The molecule has 0 radical (unpaired) electrons. The average molecular weight is 154 g/mol. The van der Waals surface area contributed by atoms with Gasteiger partial charge in [-0.1, -0.05) is 0 Å². The van der Waals surface area contributed by atoms with Gasteiger partial charge in [0.05, 0.1) is 0 Å². The number of likely N-dealkylation sites (tertiary alicyclic amines) is 1. The second-order valence-corrected chi connectivity index (χ2v) is 4.01. The Kier molecular flexibility index (Phi) is 2.14. The van der Waals surface area contributed by atoms with Crippen LogP contribution in [0.2, 0.25) is 0 Å². The average Bonchev–Trinajstić information content (AvgIpc) is 2.27. The summed E-state index contributed by atoms with van der Waals surface area (Å²) in [4.78, 5) is 2.64. The van der Waals surface area contributed by atoms with Crippen molar-refractivity contribution in [1.29, 1.82) is 0 Å². The van der Waals surface area contributed by atoms with Crippen LogP contribution in [0, 0.1) is 5.92 Å². The van der Waals surface area contributed by atoms with E-state index in [0.29, 0.717) is 0 Å². The standard InChI is InChI=1S/C9H18N2/c1-8-3-2-4-11(8)7-9-5-10-6-9/h8-10H,2-7H2,1H3. The van der Waals surface area contributed by atoms with Crippen LogP contribution in [0.4, 0.5) is 0 Å². The lowest BCUT2D eigenvalue weighted by Crippen LogP contribution is -2.48. The van der Waals surface area contributed by atoms with Gasteiger partial charge >= 0.3 is 0 Å². The van der Waals surface area contributed by atoms with E-state index >= 15 is 0 Å². The van der Waals surface area contributed by atoms with E-state index in [9.17, 15) is 0 Å². The van der Waals surface area contributed by atoms with Gasteiger partial charge in [-0.25, -0.2) is 0 Å². The van der Waals surface area contributed by atoms with Gasteiger partial charge < -0.3 is 10.2 Å². The normalized spacial score (nSPS) is 34.1. The highest BCUT2D eigenvalue weighted by Crippen LogP contribution is 2.18. The lowest BCUT2D eigenvalue weighted by Gasteiger charge is -2.33. The quantitative estimate of drug-likeness (QED) is 0.629. The van der Waals surface area contributed by atoms with Crippen molar-refractivity contribution < 1.29 is 0 Å². The fourth-order valence-electron chi connectivity index (χ4n) is 2.07. The lowest BCUT2D eigenvalue weighted by atomic mass is 10.0. The van der Waals surface area contributed by atoms with Gasteiger partial charge in [0.25, 0.3) is 0 Å². The van der Waals surface area contributed by atoms with Gasteiger partial charge in [0, 0.05) is 25.7 Å². The van der Waals surface area contributed by atoms with Crippen LogP contribution in [-0.2, 0) is 0 Å². The summed E-state index contributed by atoms with van der Waals surface area (Å²) in [5.74, 6) is 0.954. The van der Waals surface area contributed by atoms with Crippen molar-refractivity contribution >= 4 is 0 Å². The number of hydrogen-bond acceptors (Lipinski definition) is 2. The zero-order valence-corrected chi connectivity index (χ0v) is 7.34. The van der Waals surface area contributed by atoms with Crippen molar-refractivity contribution in [2.75, 3.05) is 26.2 Å². The molecule has 0 amide bonds. The summed E-state index contributed by atoms with van der Waals surface area (Å²) in [7, 11) is 0. The van der Waals surface area contributed by atoms with E-state index in [-0.39, 0.29) is 0 Å². The van der Waals surface area contributed by atoms with E-state index in [1.54, 1.807) is 0 Å². The summed E-state index contributed by atoms with van der Waals surface area (Å²) >= 11 is 0. The summed E-state index contributed by atoms with van der Waals surface area (Å²) in [6.07, 6.45) is 2.83. The molecule has 0 aliphatic carbocycles. The van der Waals surface area contributed by atoms with Crippen LogP contribution in [-0.4, -0.2) is 37.1 Å². The Balaban J connectivity index is 1.75. The van der Waals surface area contributed by atoms with E-state index < -0.39 is 0 Å². The highest BCUT2D eigenvalue weighted by atomic mass is 15.2. The van der Waals surface area contributed by atoms with Gasteiger partial charge in [0.15, 0.2) is 0 Å². The Morgan fingerprint density at radius 1 is 1.45 bits per heavy atom. The van der Waals surface area contributed by atoms with Crippen LogP contribution in [0.25, 0.3) is 0 Å². The van der Waals surface area contributed by atoms with Gasteiger partial charge in [-0.3, -0.25) is 0 Å². The molecule has 2 aliphatic rings. The van der Waals surface area contributed by atoms with Gasteiger partial charge in [0.1, 0.15) is 0 Å². The minimum absolute atomic E-state index is 0.857. The molecule has 0 aromatic carbocycles. The van der Waals surface area contributed by atoms with E-state index in [4.69, 9.17) is 0 Å². The summed E-state index contributed by atoms with van der Waals surface area (Å²) in [5, 5.41) is 3.32. The molecular formula is C9H18N2. The molecule has 2 rings (SSSR count). The number of nitrogens with one attached hydrogen (secondary N) is 1. The minimum Gasteiger partial charge on any atom is -0.316 e. The molecule has 2 aliphatic heterocycles. The third-order valence-corrected chi connectivity index (χ3v) is 3.05. The van der Waals surface area contributed by atoms with Gasteiger partial charge in [0.2, 0.25) is 0 Å². The molecule has 0 aromatic rings. The summed E-state index contributed by atoms with van der Waals surface area (Å²) in [6.45, 7) is 7.55. The molecule has 0 spiro atoms. The van der Waals surface area contributed by atoms with Crippen molar-refractivity contribution in [2.24, 2.45) is 5.92 Å². The number of hydrogen-bond donors (Lipinski definition) is 1. The molecule has 11 heavy (non-hydrogen) atoms. The molecule has 2 heterocycles. The fourth-order valence-corrected chi connectivity index (χ4v) is 2.07. The van der Waals surface area contributed by atoms with E-state index in [1.165, 1.54) is 39.0 Å². The predicted molar refractivity (Wildman–Crippen MR) is 46.6 cm³/mol. The molecule has 0 aromatic heterocycles. The van der Waals surface area contributed by atoms with Crippen molar-refractivity contribution in [1.82, 2.24) is 10.2 Å². The predicted octanol–water partition coefficient (Wildman–Crippen LogP) is 0.690. The first-order chi connectivity index (χ1) is 5.36. The van der Waals surface area contributed by atoms with Crippen LogP contribution in [0.5, 0.6) is 0 Å². The maximum Gasteiger partial charge on any atom is 0.00675 e. The first-order valence-corrected chi connectivity index (χ1v) is 4.81. The smallest absolute Gasteiger partial charge is 0.00675 e. The molecule has 64 valence electrons. The maximum absolute atomic E-state index is 3.32. The highest BCUT2D eigenvalue weighted by Gasteiger charge is 2.25. The molecule has 1 atom stereocenters. The third kappa shape index (κ3) is 1.57. The topological polar surface area (TPSA) is 15.3 Å². The van der Waals surface area contributed by atoms with Crippen molar-refractivity contribution in [3.05, 3.63) is 0 Å². The molecule has 2 nitrogen and oxygen atoms in total. The minimum atomic E-state index is 0.857. The Morgan fingerprint density at radius 2 is 2.27 bits per heavy atom. The van der Waals surface area contributed by atoms with Gasteiger partial charge in [-0.2, -0.15) is 0 Å². The fraction of sp³-hybridized carbons (Fsp3) is 1.00. The molecule has 0 bridgehead atoms. The van der Waals surface area contributed by atoms with Gasteiger partial charge in [-0.05, 0) is 32.2 Å². The Morgan fingerprint density at radius 3 is 2.73 bits per heavy atom. The van der Waals surface area contributed by atoms with Crippen LogP contribution in [0.1, 0.15) is 19.8 Å². The highest BCUT2D eigenvalue weighted by molar-refractivity contribution is 4.82. The number of nitrogens with zero attached hydrogens (tertiary/aromatic N) is 1. The first-order valence-electron chi connectivity index (χ1n) is 4.81. The first kappa shape index (κ1) is 7.56. The Labute approximate surface area is 69.0 Å². The van der Waals surface area contributed by atoms with Gasteiger partial charge in [-0.15, -0.1) is 0 Å². The van der Waals surface area contributed by atoms with E-state index in [1.807, 2.05) is 0 Å². The van der Waals surface area contributed by atoms with Crippen LogP contribution in [0.3, 0.4) is 0 Å². The zero-order chi connectivity index (χ0) is 7.68. The molecule has 2 fully saturated rings. The SMILES string of the molecule is CC1CCCN1CC1CNC1. The summed E-state index contributed by atoms with van der Waals surface area (Å²) in [5.41, 5.74) is 0. The summed E-state index contributed by atoms with van der Waals surface area (Å²) in [6, 6.07) is 0.857. The molecule has 2 saturated heterocycles. The van der Waals surface area contributed by atoms with Crippen LogP contribution in [0.15, 0.2) is 0 Å². The van der Waals surface area contributed by atoms with Crippen LogP contribution >= 0.6 is 0 Å². The molecule has 1 N–H and O–H groups in total. The molecular weight excluding hydrogens is 136 g/mol. The zero-order valence-electron chi connectivity index (χ0n) is 7.34. The Bertz CT molecular complexity index is 132. The maximum atomic E-state index is 3.32. The van der Waals surface area contributed by atoms with Crippen LogP contribution < -0.4 is 5.32 Å². The summed E-state index contributed by atoms with van der Waals surface area (Å²) < 4.78 is 0. The van der Waals surface area contributed by atoms with E-state index in [2.05, 4.69) is 17.1 Å². The third-order valence-electron chi connectivity index (χ3n) is 3.05. The lowest BCUT2D eigenvalue weighted by molar-refractivity contribution is 0.188. The second-order valence-electron chi connectivity index (χ2n) is 4.01. The molecule has 2 heteroatoms. The molecule has 1 unspecified atom stereocenters. The molecule has 0 saturated carbocycles. The number of rotatable bonds is 2.